The van der Waals surface area contributed by atoms with Crippen LogP contribution in [0.4, 0.5) is 5.82 Å². The largest absolute Gasteiger partial charge is 0.507 e. The molecule has 2 aromatic carbocycles. The van der Waals surface area contributed by atoms with E-state index >= 15 is 0 Å². The lowest BCUT2D eigenvalue weighted by Gasteiger charge is -2.32. The first-order valence-electron chi connectivity index (χ1n) is 9.07. The third kappa shape index (κ3) is 3.30. The monoisotopic (exact) mass is 363 g/mol. The first kappa shape index (κ1) is 17.3. The van der Waals surface area contributed by atoms with Gasteiger partial charge in [-0.2, -0.15) is 0 Å². The summed E-state index contributed by atoms with van der Waals surface area (Å²) in [7, 11) is 0. The fourth-order valence-electron chi connectivity index (χ4n) is 3.62. The summed E-state index contributed by atoms with van der Waals surface area (Å²) in [5, 5.41) is 20.6. The van der Waals surface area contributed by atoms with Gasteiger partial charge in [-0.1, -0.05) is 18.2 Å². The molecule has 1 aliphatic heterocycles. The van der Waals surface area contributed by atoms with E-state index in [1.54, 1.807) is 18.2 Å². The molecule has 0 spiro atoms. The molecule has 6 nitrogen and oxygen atoms in total. The molecule has 0 radical (unpaired) electrons. The maximum atomic E-state index is 11.5. The number of nitrogens with zero attached hydrogens (tertiary/aromatic N) is 3. The highest BCUT2D eigenvalue weighted by molar-refractivity contribution is 5.92. The highest BCUT2D eigenvalue weighted by atomic mass is 16.4. The molecule has 3 aromatic rings. The Labute approximate surface area is 157 Å². The SMILES string of the molecule is Cc1ccc2c(N3CCCC(C(=O)O)C3)nc(-c3ccccc3O)nc2c1. The average Bonchev–Trinajstić information content (AvgIpc) is 2.67. The second-order valence-corrected chi connectivity index (χ2v) is 7.03. The number of carboxylic acids is 1. The first-order valence-corrected chi connectivity index (χ1v) is 9.07. The highest BCUT2D eigenvalue weighted by Gasteiger charge is 2.27. The molecule has 27 heavy (non-hydrogen) atoms. The maximum Gasteiger partial charge on any atom is 0.308 e. The van der Waals surface area contributed by atoms with E-state index in [1.807, 2.05) is 36.1 Å². The van der Waals surface area contributed by atoms with Crippen LogP contribution in [0.25, 0.3) is 22.3 Å². The number of aromatic hydroxyl groups is 1. The maximum absolute atomic E-state index is 11.5. The van der Waals surface area contributed by atoms with Crippen LogP contribution in [0.15, 0.2) is 42.5 Å². The molecule has 0 saturated carbocycles. The predicted molar refractivity (Wildman–Crippen MR) is 104 cm³/mol. The number of carboxylic acid groups (broad SMARTS) is 1. The number of para-hydroxylation sites is 1. The summed E-state index contributed by atoms with van der Waals surface area (Å²) in [5.41, 5.74) is 2.43. The van der Waals surface area contributed by atoms with E-state index in [2.05, 4.69) is 4.98 Å². The van der Waals surface area contributed by atoms with Gasteiger partial charge in [0.05, 0.1) is 17.0 Å². The molecule has 1 saturated heterocycles. The Balaban J connectivity index is 1.88. The second-order valence-electron chi connectivity index (χ2n) is 7.03. The second kappa shape index (κ2) is 6.87. The van der Waals surface area contributed by atoms with Crippen LogP contribution in [0.5, 0.6) is 5.75 Å². The topological polar surface area (TPSA) is 86.6 Å². The van der Waals surface area contributed by atoms with E-state index < -0.39 is 11.9 Å². The Morgan fingerprint density at radius 2 is 2.00 bits per heavy atom. The zero-order valence-corrected chi connectivity index (χ0v) is 15.1. The van der Waals surface area contributed by atoms with E-state index in [0.29, 0.717) is 24.4 Å². The molecule has 1 fully saturated rings. The van der Waals surface area contributed by atoms with E-state index in [-0.39, 0.29) is 5.75 Å². The van der Waals surface area contributed by atoms with Crippen LogP contribution in [0.2, 0.25) is 0 Å². The lowest BCUT2D eigenvalue weighted by molar-refractivity contribution is -0.141. The van der Waals surface area contributed by atoms with Gasteiger partial charge in [-0.15, -0.1) is 0 Å². The van der Waals surface area contributed by atoms with E-state index in [0.717, 1.165) is 35.2 Å². The van der Waals surface area contributed by atoms with Gasteiger partial charge in [-0.25, -0.2) is 9.97 Å². The number of carbonyl (C=O) groups is 1. The summed E-state index contributed by atoms with van der Waals surface area (Å²) in [4.78, 5) is 22.9. The molecule has 1 atom stereocenters. The van der Waals surface area contributed by atoms with Gasteiger partial charge in [-0.05, 0) is 49.6 Å². The van der Waals surface area contributed by atoms with Gasteiger partial charge in [0.25, 0.3) is 0 Å². The number of fused-ring (bicyclic) bond motifs is 1. The van der Waals surface area contributed by atoms with Crippen molar-refractivity contribution >= 4 is 22.7 Å². The minimum atomic E-state index is -0.769. The van der Waals surface area contributed by atoms with Crippen LogP contribution in [0.1, 0.15) is 18.4 Å². The molecule has 0 bridgehead atoms. The number of hydrogen-bond donors (Lipinski definition) is 2. The molecule has 1 aliphatic rings. The molecule has 2 heterocycles. The minimum Gasteiger partial charge on any atom is -0.507 e. The molecule has 138 valence electrons. The Kier molecular flexibility index (Phi) is 4.39. The van der Waals surface area contributed by atoms with Crippen LogP contribution in [0.3, 0.4) is 0 Å². The molecular weight excluding hydrogens is 342 g/mol. The van der Waals surface area contributed by atoms with Gasteiger partial charge in [0.2, 0.25) is 0 Å². The van der Waals surface area contributed by atoms with Crippen molar-refractivity contribution in [2.75, 3.05) is 18.0 Å². The lowest BCUT2D eigenvalue weighted by Crippen LogP contribution is -2.39. The van der Waals surface area contributed by atoms with Crippen molar-refractivity contribution in [2.24, 2.45) is 5.92 Å². The van der Waals surface area contributed by atoms with Crippen molar-refractivity contribution in [3.8, 4) is 17.1 Å². The Morgan fingerprint density at radius 1 is 1.19 bits per heavy atom. The number of aromatic nitrogens is 2. The number of piperidine rings is 1. The number of phenolic OH excluding ortho intramolecular Hbond substituents is 1. The summed E-state index contributed by atoms with van der Waals surface area (Å²) in [6.07, 6.45) is 1.49. The number of hydrogen-bond acceptors (Lipinski definition) is 5. The molecule has 1 unspecified atom stereocenters. The summed E-state index contributed by atoms with van der Waals surface area (Å²) >= 11 is 0. The van der Waals surface area contributed by atoms with Gasteiger partial charge in [0.1, 0.15) is 11.6 Å². The van der Waals surface area contributed by atoms with Crippen LogP contribution in [0, 0.1) is 12.8 Å². The quantitative estimate of drug-likeness (QED) is 0.739. The first-order chi connectivity index (χ1) is 13.0. The van der Waals surface area contributed by atoms with Gasteiger partial charge in [0, 0.05) is 18.5 Å². The summed E-state index contributed by atoms with van der Waals surface area (Å²) in [6.45, 7) is 3.18. The minimum absolute atomic E-state index is 0.123. The molecule has 4 rings (SSSR count). The van der Waals surface area contributed by atoms with Crippen molar-refractivity contribution in [3.05, 3.63) is 48.0 Å². The molecule has 0 aliphatic carbocycles. The summed E-state index contributed by atoms with van der Waals surface area (Å²) in [5.74, 6) is 0.123. The Hall–Kier alpha value is -3.15. The normalized spacial score (nSPS) is 17.2. The predicted octanol–water partition coefficient (Wildman–Crippen LogP) is 3.61. The van der Waals surface area contributed by atoms with E-state index in [4.69, 9.17) is 4.98 Å². The lowest BCUT2D eigenvalue weighted by atomic mass is 9.98. The smallest absolute Gasteiger partial charge is 0.308 e. The third-order valence-corrected chi connectivity index (χ3v) is 5.05. The number of aryl methyl sites for hydroxylation is 1. The van der Waals surface area contributed by atoms with Crippen LogP contribution in [-0.2, 0) is 4.79 Å². The molecule has 6 heteroatoms. The number of phenols is 1. The summed E-state index contributed by atoms with van der Waals surface area (Å²) in [6, 6.07) is 13.0. The van der Waals surface area contributed by atoms with E-state index in [1.165, 1.54) is 0 Å². The zero-order valence-electron chi connectivity index (χ0n) is 15.1. The van der Waals surface area contributed by atoms with Crippen molar-refractivity contribution in [1.82, 2.24) is 9.97 Å². The number of aliphatic carboxylic acids is 1. The molecule has 1 aromatic heterocycles. The number of benzene rings is 2. The fraction of sp³-hybridized carbons (Fsp3) is 0.286. The van der Waals surface area contributed by atoms with Crippen molar-refractivity contribution in [1.29, 1.82) is 0 Å². The Morgan fingerprint density at radius 3 is 2.78 bits per heavy atom. The third-order valence-electron chi connectivity index (χ3n) is 5.05. The van der Waals surface area contributed by atoms with Gasteiger partial charge in [-0.3, -0.25) is 4.79 Å². The van der Waals surface area contributed by atoms with E-state index in [9.17, 15) is 15.0 Å². The molecule has 2 N–H and O–H groups in total. The number of anilines is 1. The van der Waals surface area contributed by atoms with Crippen molar-refractivity contribution < 1.29 is 15.0 Å². The van der Waals surface area contributed by atoms with Crippen molar-refractivity contribution in [2.45, 2.75) is 19.8 Å². The zero-order chi connectivity index (χ0) is 19.0. The number of rotatable bonds is 3. The van der Waals surface area contributed by atoms with Crippen LogP contribution >= 0.6 is 0 Å². The van der Waals surface area contributed by atoms with Gasteiger partial charge < -0.3 is 15.1 Å². The van der Waals surface area contributed by atoms with Crippen LogP contribution < -0.4 is 4.90 Å². The van der Waals surface area contributed by atoms with Crippen molar-refractivity contribution in [3.63, 3.8) is 0 Å². The summed E-state index contributed by atoms with van der Waals surface area (Å²) < 4.78 is 0. The fourth-order valence-corrected chi connectivity index (χ4v) is 3.62. The standard InChI is InChI=1S/C21H21N3O3/c1-13-8-9-15-17(11-13)22-19(16-6-2-3-7-18(16)25)23-20(15)24-10-4-5-14(12-24)21(26)27/h2-3,6-9,11,14,25H,4-5,10,12H2,1H3,(H,26,27). The average molecular weight is 363 g/mol. The van der Waals surface area contributed by atoms with Crippen LogP contribution in [-0.4, -0.2) is 39.2 Å². The molecular formula is C21H21N3O3. The van der Waals surface area contributed by atoms with Gasteiger partial charge in [0.15, 0.2) is 5.82 Å². The molecule has 0 amide bonds. The Bertz CT molecular complexity index is 1020. The van der Waals surface area contributed by atoms with Gasteiger partial charge >= 0.3 is 5.97 Å². The highest BCUT2D eigenvalue weighted by Crippen LogP contribution is 2.33.